The number of hydrogen-bond donors (Lipinski definition) is 0. The Labute approximate surface area is 177 Å². The molecule has 2 aromatic rings. The van der Waals surface area contributed by atoms with E-state index in [2.05, 4.69) is 5.10 Å². The predicted octanol–water partition coefficient (Wildman–Crippen LogP) is 0.583. The third-order valence-corrected chi connectivity index (χ3v) is 7.63. The number of rotatable bonds is 4. The monoisotopic (exact) mass is 455 g/mol. The highest BCUT2D eigenvalue weighted by molar-refractivity contribution is 7.89. The highest BCUT2D eigenvalue weighted by Gasteiger charge is 2.34. The lowest BCUT2D eigenvalue weighted by Gasteiger charge is -2.34. The number of halogens is 2. The van der Waals surface area contributed by atoms with Crippen molar-refractivity contribution in [3.63, 3.8) is 0 Å². The van der Waals surface area contributed by atoms with Gasteiger partial charge < -0.3 is 4.90 Å². The van der Waals surface area contributed by atoms with Crippen molar-refractivity contribution in [1.82, 2.24) is 23.6 Å². The second-order valence-corrected chi connectivity index (χ2v) is 9.53. The summed E-state index contributed by atoms with van der Waals surface area (Å²) in [7, 11) is -4.37. The summed E-state index contributed by atoms with van der Waals surface area (Å²) >= 11 is 0. The van der Waals surface area contributed by atoms with Gasteiger partial charge in [-0.05, 0) is 25.0 Å². The molecular formula is C19H23F2N5O4S. The molecule has 2 aliphatic rings. The van der Waals surface area contributed by atoms with Crippen LogP contribution >= 0.6 is 0 Å². The van der Waals surface area contributed by atoms with Gasteiger partial charge in [-0.2, -0.15) is 9.40 Å². The molecule has 2 aliphatic heterocycles. The highest BCUT2D eigenvalue weighted by atomic mass is 32.2. The number of benzene rings is 1. The van der Waals surface area contributed by atoms with Gasteiger partial charge in [-0.15, -0.1) is 0 Å². The number of aromatic nitrogens is 3. The lowest BCUT2D eigenvalue weighted by atomic mass is 10.2. The van der Waals surface area contributed by atoms with E-state index in [1.807, 2.05) is 0 Å². The fraction of sp³-hybridized carbons (Fsp3) is 0.526. The number of aryl methyl sites for hydroxylation is 1. The summed E-state index contributed by atoms with van der Waals surface area (Å²) in [5.41, 5.74) is -0.318. The van der Waals surface area contributed by atoms with E-state index < -0.39 is 26.6 Å². The van der Waals surface area contributed by atoms with Crippen LogP contribution in [-0.4, -0.2) is 64.1 Å². The third kappa shape index (κ3) is 4.13. The van der Waals surface area contributed by atoms with Gasteiger partial charge in [0.25, 0.3) is 0 Å². The molecule has 3 heterocycles. The number of fused-ring (bicyclic) bond motifs is 1. The molecule has 0 spiro atoms. The van der Waals surface area contributed by atoms with Crippen LogP contribution in [0.25, 0.3) is 0 Å². The molecule has 0 atom stereocenters. The van der Waals surface area contributed by atoms with Crippen molar-refractivity contribution in [1.29, 1.82) is 0 Å². The molecule has 1 aromatic carbocycles. The van der Waals surface area contributed by atoms with Crippen molar-refractivity contribution in [3.8, 4) is 0 Å². The first-order chi connectivity index (χ1) is 14.8. The van der Waals surface area contributed by atoms with Crippen LogP contribution in [0.3, 0.4) is 0 Å². The van der Waals surface area contributed by atoms with Gasteiger partial charge in [0.15, 0.2) is 4.90 Å². The molecule has 12 heteroatoms. The molecule has 4 rings (SSSR count). The number of amides is 1. The second kappa shape index (κ2) is 8.50. The van der Waals surface area contributed by atoms with Crippen LogP contribution in [0.5, 0.6) is 0 Å². The molecular weight excluding hydrogens is 432 g/mol. The summed E-state index contributed by atoms with van der Waals surface area (Å²) in [4.78, 5) is 25.6. The minimum absolute atomic E-state index is 0.0520. The first kappa shape index (κ1) is 21.6. The normalized spacial score (nSPS) is 17.9. The molecule has 0 aliphatic carbocycles. The SMILES string of the molecule is O=C(Cn1nc2n(c1=O)CCCCC2)N1CCN(S(=O)(=O)c2c(F)cccc2F)CC1. The highest BCUT2D eigenvalue weighted by Crippen LogP contribution is 2.23. The molecule has 0 saturated carbocycles. The van der Waals surface area contributed by atoms with Gasteiger partial charge in [-0.25, -0.2) is 26.7 Å². The number of carbonyl (C=O) groups excluding carboxylic acids is 1. The van der Waals surface area contributed by atoms with Gasteiger partial charge in [0.05, 0.1) is 0 Å². The van der Waals surface area contributed by atoms with Crippen molar-refractivity contribution in [2.24, 2.45) is 0 Å². The molecule has 0 unspecified atom stereocenters. The van der Waals surface area contributed by atoms with Crippen molar-refractivity contribution in [2.45, 2.75) is 43.7 Å². The molecule has 31 heavy (non-hydrogen) atoms. The maximum absolute atomic E-state index is 14.0. The van der Waals surface area contributed by atoms with Crippen molar-refractivity contribution < 1.29 is 22.0 Å². The number of nitrogens with zero attached hydrogens (tertiary/aromatic N) is 5. The topological polar surface area (TPSA) is 97.5 Å². The maximum Gasteiger partial charge on any atom is 0.346 e. The summed E-state index contributed by atoms with van der Waals surface area (Å²) < 4.78 is 57.0. The zero-order valence-electron chi connectivity index (χ0n) is 16.8. The average molecular weight is 455 g/mol. The van der Waals surface area contributed by atoms with E-state index in [1.54, 1.807) is 4.57 Å². The van der Waals surface area contributed by atoms with Gasteiger partial charge in [0.2, 0.25) is 15.9 Å². The fourth-order valence-electron chi connectivity index (χ4n) is 3.99. The lowest BCUT2D eigenvalue weighted by molar-refractivity contribution is -0.133. The van der Waals surface area contributed by atoms with E-state index in [0.29, 0.717) is 18.8 Å². The number of sulfonamides is 1. The van der Waals surface area contributed by atoms with Gasteiger partial charge in [0.1, 0.15) is 24.0 Å². The molecule has 1 saturated heterocycles. The zero-order valence-corrected chi connectivity index (χ0v) is 17.7. The Morgan fingerprint density at radius 3 is 2.35 bits per heavy atom. The molecule has 1 fully saturated rings. The summed E-state index contributed by atoms with van der Waals surface area (Å²) in [5, 5.41) is 4.29. The van der Waals surface area contributed by atoms with Crippen LogP contribution in [0.4, 0.5) is 8.78 Å². The number of carbonyl (C=O) groups is 1. The van der Waals surface area contributed by atoms with E-state index in [-0.39, 0.29) is 44.3 Å². The zero-order chi connectivity index (χ0) is 22.2. The van der Waals surface area contributed by atoms with Crippen LogP contribution in [0, 0.1) is 11.6 Å². The molecule has 168 valence electrons. The van der Waals surface area contributed by atoms with Crippen LogP contribution in [-0.2, 0) is 34.3 Å². The Hall–Kier alpha value is -2.60. The van der Waals surface area contributed by atoms with Gasteiger partial charge in [0, 0.05) is 39.1 Å². The standard InChI is InChI=1S/C19H23F2N5O4S/c20-14-5-4-6-15(21)18(14)31(29,30)24-11-9-23(10-12-24)17(27)13-26-19(28)25-8-3-1-2-7-16(25)22-26/h4-6H,1-3,7-13H2. The van der Waals surface area contributed by atoms with Crippen LogP contribution in [0.2, 0.25) is 0 Å². The Kier molecular flexibility index (Phi) is 5.93. The second-order valence-electron chi connectivity index (χ2n) is 7.65. The van der Waals surface area contributed by atoms with Crippen molar-refractivity contribution in [3.05, 3.63) is 46.1 Å². The van der Waals surface area contributed by atoms with E-state index in [0.717, 1.165) is 46.4 Å². The van der Waals surface area contributed by atoms with Crippen molar-refractivity contribution >= 4 is 15.9 Å². The molecule has 1 amide bonds. The summed E-state index contributed by atoms with van der Waals surface area (Å²) in [6.45, 7) is 0.263. The minimum Gasteiger partial charge on any atom is -0.338 e. The molecule has 0 radical (unpaired) electrons. The Balaban J connectivity index is 1.42. The van der Waals surface area contributed by atoms with Gasteiger partial charge in [-0.1, -0.05) is 12.5 Å². The Morgan fingerprint density at radius 1 is 1.00 bits per heavy atom. The largest absolute Gasteiger partial charge is 0.346 e. The molecule has 0 bridgehead atoms. The lowest BCUT2D eigenvalue weighted by Crippen LogP contribution is -2.51. The van der Waals surface area contributed by atoms with E-state index >= 15 is 0 Å². The average Bonchev–Trinajstić information content (AvgIpc) is 2.90. The number of hydrogen-bond acceptors (Lipinski definition) is 5. The Bertz CT molecular complexity index is 1130. The molecule has 9 nitrogen and oxygen atoms in total. The summed E-state index contributed by atoms with van der Waals surface area (Å²) in [5.74, 6) is -1.99. The minimum atomic E-state index is -4.37. The van der Waals surface area contributed by atoms with Crippen LogP contribution in [0.15, 0.2) is 27.9 Å². The van der Waals surface area contributed by atoms with Crippen molar-refractivity contribution in [2.75, 3.05) is 26.2 Å². The predicted molar refractivity (Wildman–Crippen MR) is 106 cm³/mol. The van der Waals surface area contributed by atoms with Crippen LogP contribution < -0.4 is 5.69 Å². The van der Waals surface area contributed by atoms with Crippen LogP contribution in [0.1, 0.15) is 25.1 Å². The molecule has 0 N–H and O–H groups in total. The molecule has 1 aromatic heterocycles. The number of piperazine rings is 1. The third-order valence-electron chi connectivity index (χ3n) is 5.67. The first-order valence-corrected chi connectivity index (χ1v) is 11.6. The fourth-order valence-corrected chi connectivity index (χ4v) is 5.52. The summed E-state index contributed by atoms with van der Waals surface area (Å²) in [6, 6.07) is 2.87. The Morgan fingerprint density at radius 2 is 1.68 bits per heavy atom. The van der Waals surface area contributed by atoms with Gasteiger partial charge in [-0.3, -0.25) is 9.36 Å². The summed E-state index contributed by atoms with van der Waals surface area (Å²) in [6.07, 6.45) is 3.57. The van der Waals surface area contributed by atoms with Gasteiger partial charge >= 0.3 is 5.69 Å². The maximum atomic E-state index is 14.0. The quantitative estimate of drug-likeness (QED) is 0.672. The smallest absolute Gasteiger partial charge is 0.338 e. The van der Waals surface area contributed by atoms with E-state index in [4.69, 9.17) is 0 Å². The first-order valence-electron chi connectivity index (χ1n) is 10.2. The van der Waals surface area contributed by atoms with E-state index in [9.17, 15) is 26.8 Å². The van der Waals surface area contributed by atoms with E-state index in [1.165, 1.54) is 4.90 Å².